The lowest BCUT2D eigenvalue weighted by atomic mass is 9.96. The van der Waals surface area contributed by atoms with Gasteiger partial charge in [-0.2, -0.15) is 0 Å². The SMILES string of the molecule is CCONC(=O)C1CCN(c2ncnc3sc(C)c(C)c23)CC1. The van der Waals surface area contributed by atoms with E-state index in [-0.39, 0.29) is 11.8 Å². The Balaban J connectivity index is 1.74. The first-order valence-electron chi connectivity index (χ1n) is 7.99. The largest absolute Gasteiger partial charge is 0.356 e. The first-order valence-corrected chi connectivity index (χ1v) is 8.80. The van der Waals surface area contributed by atoms with E-state index in [9.17, 15) is 4.79 Å². The van der Waals surface area contributed by atoms with Crippen LogP contribution in [0.25, 0.3) is 10.2 Å². The Morgan fingerprint density at radius 3 is 2.83 bits per heavy atom. The second-order valence-corrected chi connectivity index (χ2v) is 7.02. The zero-order valence-electron chi connectivity index (χ0n) is 13.8. The molecule has 1 saturated heterocycles. The normalized spacial score (nSPS) is 16.0. The molecule has 23 heavy (non-hydrogen) atoms. The molecular formula is C16H22N4O2S. The van der Waals surface area contributed by atoms with Crippen LogP contribution >= 0.6 is 11.3 Å². The minimum absolute atomic E-state index is 0.0121. The fourth-order valence-electron chi connectivity index (χ4n) is 2.98. The number of piperidine rings is 1. The summed E-state index contributed by atoms with van der Waals surface area (Å²) in [4.78, 5) is 30.5. The Morgan fingerprint density at radius 1 is 1.39 bits per heavy atom. The van der Waals surface area contributed by atoms with Crippen molar-refractivity contribution >= 4 is 33.3 Å². The molecular weight excluding hydrogens is 312 g/mol. The van der Waals surface area contributed by atoms with E-state index in [1.54, 1.807) is 17.7 Å². The topological polar surface area (TPSA) is 67.3 Å². The number of hydrogen-bond acceptors (Lipinski definition) is 6. The minimum atomic E-state index is -0.0121. The van der Waals surface area contributed by atoms with Gasteiger partial charge in [0.25, 0.3) is 0 Å². The molecule has 0 aromatic carbocycles. The van der Waals surface area contributed by atoms with Gasteiger partial charge in [-0.25, -0.2) is 15.4 Å². The van der Waals surface area contributed by atoms with Gasteiger partial charge < -0.3 is 4.90 Å². The Morgan fingerprint density at radius 2 is 2.13 bits per heavy atom. The summed E-state index contributed by atoms with van der Waals surface area (Å²) in [7, 11) is 0. The number of aromatic nitrogens is 2. The molecule has 7 heteroatoms. The van der Waals surface area contributed by atoms with Gasteiger partial charge in [-0.05, 0) is 39.2 Å². The second kappa shape index (κ2) is 6.80. The van der Waals surface area contributed by atoms with Gasteiger partial charge >= 0.3 is 0 Å². The number of fused-ring (bicyclic) bond motifs is 1. The number of hydrogen-bond donors (Lipinski definition) is 1. The minimum Gasteiger partial charge on any atom is -0.356 e. The van der Waals surface area contributed by atoms with Crippen molar-refractivity contribution in [1.29, 1.82) is 0 Å². The molecule has 1 N–H and O–H groups in total. The molecule has 0 bridgehead atoms. The standard InChI is InChI=1S/C16H22N4O2S/c1-4-22-19-15(21)12-5-7-20(8-6-12)14-13-10(2)11(3)23-16(13)18-9-17-14/h9,12H,4-8H2,1-3H3,(H,19,21). The van der Waals surface area contributed by atoms with E-state index in [0.29, 0.717) is 6.61 Å². The predicted molar refractivity (Wildman–Crippen MR) is 91.6 cm³/mol. The van der Waals surface area contributed by atoms with Crippen LogP contribution in [-0.4, -0.2) is 35.6 Å². The summed E-state index contributed by atoms with van der Waals surface area (Å²) in [5.74, 6) is 1.00. The maximum atomic E-state index is 12.0. The molecule has 3 heterocycles. The van der Waals surface area contributed by atoms with Crippen molar-refractivity contribution in [3.63, 3.8) is 0 Å². The van der Waals surface area contributed by atoms with Crippen molar-refractivity contribution in [3.05, 3.63) is 16.8 Å². The van der Waals surface area contributed by atoms with Crippen LogP contribution in [0.1, 0.15) is 30.2 Å². The van der Waals surface area contributed by atoms with E-state index in [2.05, 4.69) is 34.2 Å². The summed E-state index contributed by atoms with van der Waals surface area (Å²) < 4.78 is 0. The van der Waals surface area contributed by atoms with Crippen LogP contribution < -0.4 is 10.4 Å². The summed E-state index contributed by atoms with van der Waals surface area (Å²) >= 11 is 1.71. The predicted octanol–water partition coefficient (Wildman–Crippen LogP) is 2.59. The quantitative estimate of drug-likeness (QED) is 0.871. The van der Waals surface area contributed by atoms with E-state index < -0.39 is 0 Å². The average molecular weight is 334 g/mol. The number of anilines is 1. The van der Waals surface area contributed by atoms with Gasteiger partial charge in [0.1, 0.15) is 17.0 Å². The van der Waals surface area contributed by atoms with E-state index in [1.807, 2.05) is 6.92 Å². The third kappa shape index (κ3) is 3.16. The highest BCUT2D eigenvalue weighted by atomic mass is 32.1. The Bertz CT molecular complexity index is 707. The van der Waals surface area contributed by atoms with Gasteiger partial charge in [-0.15, -0.1) is 11.3 Å². The van der Waals surface area contributed by atoms with Crippen molar-refractivity contribution in [1.82, 2.24) is 15.4 Å². The average Bonchev–Trinajstić information content (AvgIpc) is 2.87. The molecule has 0 radical (unpaired) electrons. The number of nitrogens with zero attached hydrogens (tertiary/aromatic N) is 3. The summed E-state index contributed by atoms with van der Waals surface area (Å²) in [6.45, 7) is 8.24. The molecule has 0 saturated carbocycles. The number of thiophene rings is 1. The second-order valence-electron chi connectivity index (χ2n) is 5.82. The lowest BCUT2D eigenvalue weighted by Crippen LogP contribution is -2.41. The first kappa shape index (κ1) is 16.1. The van der Waals surface area contributed by atoms with Crippen LogP contribution in [-0.2, 0) is 9.63 Å². The lowest BCUT2D eigenvalue weighted by molar-refractivity contribution is -0.138. The van der Waals surface area contributed by atoms with Gasteiger partial charge in [0.05, 0.1) is 12.0 Å². The smallest absolute Gasteiger partial charge is 0.246 e. The van der Waals surface area contributed by atoms with Crippen molar-refractivity contribution < 1.29 is 9.63 Å². The third-order valence-corrected chi connectivity index (χ3v) is 5.54. The molecule has 0 atom stereocenters. The molecule has 0 aliphatic carbocycles. The highest BCUT2D eigenvalue weighted by Gasteiger charge is 2.27. The van der Waals surface area contributed by atoms with E-state index >= 15 is 0 Å². The molecule has 2 aromatic rings. The zero-order valence-corrected chi connectivity index (χ0v) is 14.6. The molecule has 1 fully saturated rings. The van der Waals surface area contributed by atoms with Crippen LogP contribution in [0, 0.1) is 19.8 Å². The summed E-state index contributed by atoms with van der Waals surface area (Å²) in [5, 5.41) is 1.16. The van der Waals surface area contributed by atoms with E-state index in [1.165, 1.54) is 10.4 Å². The molecule has 3 rings (SSSR count). The van der Waals surface area contributed by atoms with Crippen molar-refractivity contribution in [2.75, 3.05) is 24.6 Å². The van der Waals surface area contributed by atoms with Gasteiger partial charge in [0, 0.05) is 23.9 Å². The van der Waals surface area contributed by atoms with Gasteiger partial charge in [-0.1, -0.05) is 0 Å². The Labute approximate surface area is 139 Å². The molecule has 124 valence electrons. The number of carbonyl (C=O) groups excluding carboxylic acids is 1. The number of amides is 1. The van der Waals surface area contributed by atoms with E-state index in [0.717, 1.165) is 42.0 Å². The van der Waals surface area contributed by atoms with E-state index in [4.69, 9.17) is 4.84 Å². The highest BCUT2D eigenvalue weighted by molar-refractivity contribution is 7.18. The molecule has 0 spiro atoms. The van der Waals surface area contributed by atoms with Crippen LogP contribution in [0.5, 0.6) is 0 Å². The van der Waals surface area contributed by atoms with Crippen LogP contribution in [0.15, 0.2) is 6.33 Å². The fraction of sp³-hybridized carbons (Fsp3) is 0.562. The summed E-state index contributed by atoms with van der Waals surface area (Å²) in [5.41, 5.74) is 3.78. The number of rotatable bonds is 4. The first-order chi connectivity index (χ1) is 11.1. The summed E-state index contributed by atoms with van der Waals surface area (Å²) in [6.07, 6.45) is 3.26. The zero-order chi connectivity index (χ0) is 16.4. The third-order valence-electron chi connectivity index (χ3n) is 4.43. The Hall–Kier alpha value is -1.73. The highest BCUT2D eigenvalue weighted by Crippen LogP contribution is 2.35. The molecule has 2 aromatic heterocycles. The van der Waals surface area contributed by atoms with Gasteiger partial charge in [0.15, 0.2) is 0 Å². The number of aryl methyl sites for hydroxylation is 2. The van der Waals surface area contributed by atoms with Gasteiger partial charge in [-0.3, -0.25) is 9.63 Å². The molecule has 1 aliphatic heterocycles. The van der Waals surface area contributed by atoms with Crippen LogP contribution in [0.3, 0.4) is 0 Å². The molecule has 6 nitrogen and oxygen atoms in total. The lowest BCUT2D eigenvalue weighted by Gasteiger charge is -2.32. The number of hydroxylamine groups is 1. The van der Waals surface area contributed by atoms with Crippen molar-refractivity contribution in [2.45, 2.75) is 33.6 Å². The molecule has 1 aliphatic rings. The maximum Gasteiger partial charge on any atom is 0.246 e. The number of nitrogens with one attached hydrogen (secondary N) is 1. The summed E-state index contributed by atoms with van der Waals surface area (Å²) in [6, 6.07) is 0. The number of carbonyl (C=O) groups is 1. The van der Waals surface area contributed by atoms with Gasteiger partial charge in [0.2, 0.25) is 5.91 Å². The Kier molecular flexibility index (Phi) is 4.77. The van der Waals surface area contributed by atoms with Crippen LogP contribution in [0.2, 0.25) is 0 Å². The van der Waals surface area contributed by atoms with Crippen LogP contribution in [0.4, 0.5) is 5.82 Å². The maximum absolute atomic E-state index is 12.0. The van der Waals surface area contributed by atoms with Crippen molar-refractivity contribution in [3.8, 4) is 0 Å². The molecule has 0 unspecified atom stereocenters. The monoisotopic (exact) mass is 334 g/mol. The fourth-order valence-corrected chi connectivity index (χ4v) is 3.98. The van der Waals surface area contributed by atoms with Crippen molar-refractivity contribution in [2.24, 2.45) is 5.92 Å². The molecule has 1 amide bonds.